The highest BCUT2D eigenvalue weighted by Crippen LogP contribution is 1.79. The van der Waals surface area contributed by atoms with Gasteiger partial charge in [0.25, 0.3) is 0 Å². The van der Waals surface area contributed by atoms with E-state index in [4.69, 9.17) is 10.2 Å². The van der Waals surface area contributed by atoms with Crippen LogP contribution in [0.2, 0.25) is 0 Å². The molecule has 0 aromatic heterocycles. The van der Waals surface area contributed by atoms with Crippen molar-refractivity contribution >= 4 is 0 Å². The molecule has 44 valence electrons. The smallest absolute Gasteiger partial charge is 0.0243 e. The number of hydrogen-bond acceptors (Lipinski definition) is 2. The molecule has 0 atom stereocenters. The van der Waals surface area contributed by atoms with Crippen molar-refractivity contribution in [3.8, 4) is 0 Å². The number of nitrogens with zero attached hydrogens (tertiary/aromatic N) is 1. The Bertz CT molecular complexity index is 28.9. The SMILES string of the molecule is OCC[N-]CCO. The van der Waals surface area contributed by atoms with Crippen LogP contribution in [-0.2, 0) is 0 Å². The van der Waals surface area contributed by atoms with Gasteiger partial charge in [-0.1, -0.05) is 0 Å². The van der Waals surface area contributed by atoms with Crippen LogP contribution in [0.1, 0.15) is 0 Å². The van der Waals surface area contributed by atoms with Crippen LogP contribution in [0.5, 0.6) is 0 Å². The highest BCUT2D eigenvalue weighted by atomic mass is 16.3. The quantitative estimate of drug-likeness (QED) is 0.465. The Balaban J connectivity index is 2.45. The number of rotatable bonds is 4. The average molecular weight is 104 g/mol. The summed E-state index contributed by atoms with van der Waals surface area (Å²) < 4.78 is 0. The maximum absolute atomic E-state index is 8.12. The minimum atomic E-state index is 0.0833. The molecular formula is C4H10NO2-. The van der Waals surface area contributed by atoms with Crippen LogP contribution in [-0.4, -0.2) is 36.5 Å². The first-order valence-corrected chi connectivity index (χ1v) is 2.26. The molecule has 0 heterocycles. The van der Waals surface area contributed by atoms with E-state index in [1.165, 1.54) is 0 Å². The molecule has 0 aliphatic heterocycles. The van der Waals surface area contributed by atoms with Crippen molar-refractivity contribution in [2.24, 2.45) is 0 Å². The first kappa shape index (κ1) is 6.88. The monoisotopic (exact) mass is 104 g/mol. The van der Waals surface area contributed by atoms with Gasteiger partial charge in [0.2, 0.25) is 0 Å². The fraction of sp³-hybridized carbons (Fsp3) is 1.00. The van der Waals surface area contributed by atoms with Crippen LogP contribution < -0.4 is 0 Å². The predicted octanol–water partition coefficient (Wildman–Crippen LogP) is -0.655. The molecule has 0 aromatic carbocycles. The first-order valence-electron chi connectivity index (χ1n) is 2.26. The second-order valence-electron chi connectivity index (χ2n) is 1.12. The van der Waals surface area contributed by atoms with Gasteiger partial charge in [-0.15, -0.1) is 13.1 Å². The van der Waals surface area contributed by atoms with E-state index < -0.39 is 0 Å². The van der Waals surface area contributed by atoms with Crippen LogP contribution in [0, 0.1) is 0 Å². The van der Waals surface area contributed by atoms with Crippen molar-refractivity contribution in [2.45, 2.75) is 0 Å². The lowest BCUT2D eigenvalue weighted by atomic mass is 10.6. The van der Waals surface area contributed by atoms with Crippen LogP contribution in [0.3, 0.4) is 0 Å². The van der Waals surface area contributed by atoms with Crippen molar-refractivity contribution in [1.82, 2.24) is 0 Å². The van der Waals surface area contributed by atoms with Gasteiger partial charge in [-0.25, -0.2) is 0 Å². The summed E-state index contributed by atoms with van der Waals surface area (Å²) in [7, 11) is 0. The molecule has 7 heavy (non-hydrogen) atoms. The maximum Gasteiger partial charge on any atom is 0.0243 e. The topological polar surface area (TPSA) is 54.6 Å². The normalized spacial score (nSPS) is 9.43. The summed E-state index contributed by atoms with van der Waals surface area (Å²) in [5, 5.41) is 19.9. The van der Waals surface area contributed by atoms with Gasteiger partial charge in [-0.05, 0) is 0 Å². The molecule has 0 bridgehead atoms. The lowest BCUT2D eigenvalue weighted by molar-refractivity contribution is 0.298. The number of hydrogen-bond donors (Lipinski definition) is 2. The standard InChI is InChI=1S/C4H10NO2/c6-3-1-5-2-4-7/h6-7H,1-4H2/q-1. The molecule has 0 aliphatic carbocycles. The Hall–Kier alpha value is -0.120. The van der Waals surface area contributed by atoms with Crippen molar-refractivity contribution in [1.29, 1.82) is 0 Å². The molecule has 3 heteroatoms. The molecule has 0 saturated heterocycles. The summed E-state index contributed by atoms with van der Waals surface area (Å²) in [5.41, 5.74) is 0. The molecule has 3 nitrogen and oxygen atoms in total. The molecule has 2 N–H and O–H groups in total. The van der Waals surface area contributed by atoms with E-state index in [9.17, 15) is 0 Å². The highest BCUT2D eigenvalue weighted by Gasteiger charge is 1.64. The van der Waals surface area contributed by atoms with E-state index in [2.05, 4.69) is 5.32 Å². The molecule has 0 radical (unpaired) electrons. The summed E-state index contributed by atoms with van der Waals surface area (Å²) in [4.78, 5) is 0. The fourth-order valence-corrected chi connectivity index (χ4v) is 0.253. The highest BCUT2D eigenvalue weighted by molar-refractivity contribution is 4.76. The third-order valence-corrected chi connectivity index (χ3v) is 0.516. The van der Waals surface area contributed by atoms with Gasteiger partial charge in [0.05, 0.1) is 0 Å². The molecule has 0 saturated carbocycles. The lowest BCUT2D eigenvalue weighted by Gasteiger charge is -2.12. The maximum atomic E-state index is 8.12. The molecule has 0 rings (SSSR count). The Morgan fingerprint density at radius 1 is 1.00 bits per heavy atom. The van der Waals surface area contributed by atoms with E-state index in [0.29, 0.717) is 13.1 Å². The van der Waals surface area contributed by atoms with Gasteiger partial charge in [0.1, 0.15) is 0 Å². The Morgan fingerprint density at radius 2 is 1.43 bits per heavy atom. The largest absolute Gasteiger partial charge is 0.659 e. The van der Waals surface area contributed by atoms with Gasteiger partial charge >= 0.3 is 0 Å². The summed E-state index contributed by atoms with van der Waals surface area (Å²) in [6, 6.07) is 0. The van der Waals surface area contributed by atoms with E-state index >= 15 is 0 Å². The zero-order valence-electron chi connectivity index (χ0n) is 4.17. The van der Waals surface area contributed by atoms with Crippen molar-refractivity contribution in [2.75, 3.05) is 26.3 Å². The van der Waals surface area contributed by atoms with E-state index in [1.54, 1.807) is 0 Å². The van der Waals surface area contributed by atoms with Crippen LogP contribution >= 0.6 is 0 Å². The minimum Gasteiger partial charge on any atom is -0.659 e. The zero-order valence-corrected chi connectivity index (χ0v) is 4.17. The predicted molar refractivity (Wildman–Crippen MR) is 27.3 cm³/mol. The van der Waals surface area contributed by atoms with Gasteiger partial charge < -0.3 is 15.5 Å². The average Bonchev–Trinajstić information content (AvgIpc) is 1.69. The molecule has 0 spiro atoms. The second kappa shape index (κ2) is 5.88. The van der Waals surface area contributed by atoms with Crippen molar-refractivity contribution in [3.63, 3.8) is 0 Å². The summed E-state index contributed by atoms with van der Waals surface area (Å²) in [6.07, 6.45) is 0. The number of aliphatic hydroxyl groups excluding tert-OH is 2. The molecule has 0 unspecified atom stereocenters. The third-order valence-electron chi connectivity index (χ3n) is 0.516. The molecule has 0 aliphatic rings. The Kier molecular flexibility index (Phi) is 5.78. The fourth-order valence-electron chi connectivity index (χ4n) is 0.253. The summed E-state index contributed by atoms with van der Waals surface area (Å²) >= 11 is 0. The summed E-state index contributed by atoms with van der Waals surface area (Å²) in [5.74, 6) is 0. The minimum absolute atomic E-state index is 0.0833. The van der Waals surface area contributed by atoms with E-state index in [1.807, 2.05) is 0 Å². The lowest BCUT2D eigenvalue weighted by Crippen LogP contribution is -1.96. The first-order chi connectivity index (χ1) is 3.41. The molecule has 0 amide bonds. The van der Waals surface area contributed by atoms with Gasteiger partial charge in [0, 0.05) is 13.2 Å². The van der Waals surface area contributed by atoms with Crippen LogP contribution in [0.15, 0.2) is 0 Å². The zero-order chi connectivity index (χ0) is 5.54. The molecule has 0 fully saturated rings. The van der Waals surface area contributed by atoms with E-state index in [-0.39, 0.29) is 13.2 Å². The summed E-state index contributed by atoms with van der Waals surface area (Å²) in [6.45, 7) is 1.06. The van der Waals surface area contributed by atoms with Gasteiger partial charge in [0.15, 0.2) is 0 Å². The molecule has 0 aromatic rings. The number of aliphatic hydroxyl groups is 2. The van der Waals surface area contributed by atoms with Gasteiger partial charge in [-0.3, -0.25) is 0 Å². The van der Waals surface area contributed by atoms with Crippen LogP contribution in [0.25, 0.3) is 5.32 Å². The Morgan fingerprint density at radius 3 is 1.71 bits per heavy atom. The van der Waals surface area contributed by atoms with E-state index in [0.717, 1.165) is 0 Å². The Labute approximate surface area is 43.0 Å². The van der Waals surface area contributed by atoms with Crippen molar-refractivity contribution in [3.05, 3.63) is 5.32 Å². The van der Waals surface area contributed by atoms with Gasteiger partial charge in [-0.2, -0.15) is 0 Å². The third kappa shape index (κ3) is 5.88. The second-order valence-corrected chi connectivity index (χ2v) is 1.12. The molecular weight excluding hydrogens is 94.0 g/mol. The van der Waals surface area contributed by atoms with Crippen LogP contribution in [0.4, 0.5) is 0 Å². The van der Waals surface area contributed by atoms with Crippen molar-refractivity contribution < 1.29 is 10.2 Å².